The SMILES string of the molecule is C=C([O][Sn]([CH2]CCC)([CH2]CCC)[CH2]CCC)c1ccc(F)cc1. The van der Waals surface area contributed by atoms with Gasteiger partial charge in [-0.15, -0.1) is 0 Å². The van der Waals surface area contributed by atoms with Crippen LogP contribution in [-0.4, -0.2) is 18.8 Å². The molecule has 0 saturated carbocycles. The van der Waals surface area contributed by atoms with Crippen molar-refractivity contribution in [2.45, 2.75) is 72.6 Å². The van der Waals surface area contributed by atoms with Crippen LogP contribution in [0.3, 0.4) is 0 Å². The van der Waals surface area contributed by atoms with E-state index in [2.05, 4.69) is 27.4 Å². The van der Waals surface area contributed by atoms with E-state index >= 15 is 0 Å². The maximum atomic E-state index is 13.1. The molecular weight excluding hydrogens is 394 g/mol. The van der Waals surface area contributed by atoms with Crippen LogP contribution < -0.4 is 0 Å². The minimum atomic E-state index is -2.68. The summed E-state index contributed by atoms with van der Waals surface area (Å²) < 4.78 is 23.6. The Balaban J connectivity index is 2.90. The molecule has 1 aromatic carbocycles. The summed E-state index contributed by atoms with van der Waals surface area (Å²) in [7, 11) is 0. The van der Waals surface area contributed by atoms with E-state index in [0.29, 0.717) is 0 Å². The number of halogens is 1. The molecule has 0 radical (unpaired) electrons. The summed E-state index contributed by atoms with van der Waals surface area (Å²) >= 11 is -2.68. The van der Waals surface area contributed by atoms with Crippen molar-refractivity contribution in [2.75, 3.05) is 0 Å². The standard InChI is InChI=1S/C8H7FO.3C4H9.Sn/c1-6(10)7-2-4-8(9)5-3-7;3*1-3-4-2;/h2-5,10H,1H2;3*1,3-4H2,2H3;/q;;;;+1/p-1. The van der Waals surface area contributed by atoms with E-state index in [0.717, 1.165) is 11.3 Å². The van der Waals surface area contributed by atoms with Gasteiger partial charge < -0.3 is 0 Å². The molecule has 1 nitrogen and oxygen atoms in total. The molecule has 1 aromatic rings. The van der Waals surface area contributed by atoms with Crippen LogP contribution in [0.5, 0.6) is 0 Å². The second-order valence-corrected chi connectivity index (χ2v) is 18.1. The van der Waals surface area contributed by atoms with Crippen LogP contribution in [0.25, 0.3) is 5.76 Å². The van der Waals surface area contributed by atoms with Crippen LogP contribution in [0.15, 0.2) is 30.8 Å². The molecular formula is C20H33FOSn. The topological polar surface area (TPSA) is 9.23 Å². The average molecular weight is 427 g/mol. The van der Waals surface area contributed by atoms with Crippen molar-refractivity contribution in [1.29, 1.82) is 0 Å². The fourth-order valence-electron chi connectivity index (χ4n) is 2.98. The molecule has 130 valence electrons. The number of hydrogen-bond donors (Lipinski definition) is 0. The van der Waals surface area contributed by atoms with Gasteiger partial charge >= 0.3 is 147 Å². The molecule has 0 aromatic heterocycles. The van der Waals surface area contributed by atoms with Crippen LogP contribution in [0.4, 0.5) is 4.39 Å². The quantitative estimate of drug-likeness (QED) is 0.254. The number of benzene rings is 1. The van der Waals surface area contributed by atoms with Crippen LogP contribution >= 0.6 is 0 Å². The van der Waals surface area contributed by atoms with Gasteiger partial charge in [-0.05, 0) is 0 Å². The summed E-state index contributed by atoms with van der Waals surface area (Å²) in [5.74, 6) is 0.559. The first-order valence-corrected chi connectivity index (χ1v) is 16.4. The summed E-state index contributed by atoms with van der Waals surface area (Å²) in [6.07, 6.45) is 7.47. The van der Waals surface area contributed by atoms with Crippen LogP contribution in [0.1, 0.15) is 64.9 Å². The predicted octanol–water partition coefficient (Wildman–Crippen LogP) is 7.16. The van der Waals surface area contributed by atoms with Gasteiger partial charge in [-0.2, -0.15) is 0 Å². The van der Waals surface area contributed by atoms with Gasteiger partial charge in [0, 0.05) is 0 Å². The number of hydrogen-bond acceptors (Lipinski definition) is 1. The monoisotopic (exact) mass is 428 g/mol. The molecule has 0 amide bonds. The van der Waals surface area contributed by atoms with E-state index < -0.39 is 18.8 Å². The van der Waals surface area contributed by atoms with Crippen molar-refractivity contribution in [3.63, 3.8) is 0 Å². The zero-order chi connectivity index (χ0) is 17.1. The van der Waals surface area contributed by atoms with Crippen molar-refractivity contribution in [1.82, 2.24) is 0 Å². The first kappa shape index (κ1) is 20.5. The van der Waals surface area contributed by atoms with Crippen molar-refractivity contribution in [3.8, 4) is 0 Å². The Morgan fingerprint density at radius 3 is 1.74 bits per heavy atom. The third kappa shape index (κ3) is 7.28. The van der Waals surface area contributed by atoms with Gasteiger partial charge in [0.2, 0.25) is 0 Å². The van der Waals surface area contributed by atoms with Gasteiger partial charge in [-0.1, -0.05) is 0 Å². The zero-order valence-electron chi connectivity index (χ0n) is 15.2. The third-order valence-corrected chi connectivity index (χ3v) is 17.2. The molecule has 23 heavy (non-hydrogen) atoms. The van der Waals surface area contributed by atoms with E-state index in [1.807, 2.05) is 0 Å². The van der Waals surface area contributed by atoms with Gasteiger partial charge in [0.15, 0.2) is 0 Å². The van der Waals surface area contributed by atoms with Crippen molar-refractivity contribution in [2.24, 2.45) is 0 Å². The third-order valence-electron chi connectivity index (χ3n) is 4.46. The molecule has 0 aliphatic rings. The second kappa shape index (κ2) is 11.1. The Hall–Kier alpha value is -0.511. The fourth-order valence-corrected chi connectivity index (χ4v) is 16.4. The molecule has 0 saturated heterocycles. The van der Waals surface area contributed by atoms with E-state index in [1.54, 1.807) is 12.1 Å². The second-order valence-electron chi connectivity index (χ2n) is 6.53. The van der Waals surface area contributed by atoms with Crippen molar-refractivity contribution < 1.29 is 7.46 Å². The van der Waals surface area contributed by atoms with Gasteiger partial charge in [0.05, 0.1) is 0 Å². The van der Waals surface area contributed by atoms with Gasteiger partial charge in [0.25, 0.3) is 0 Å². The number of unbranched alkanes of at least 4 members (excludes halogenated alkanes) is 3. The zero-order valence-corrected chi connectivity index (χ0v) is 18.0. The van der Waals surface area contributed by atoms with Crippen molar-refractivity contribution >= 4 is 24.6 Å². The van der Waals surface area contributed by atoms with Crippen LogP contribution in [-0.2, 0) is 3.07 Å². The Morgan fingerprint density at radius 1 is 0.913 bits per heavy atom. The molecule has 0 fully saturated rings. The summed E-state index contributed by atoms with van der Waals surface area (Å²) in [6, 6.07) is 6.55. The maximum absolute atomic E-state index is 13.1. The van der Waals surface area contributed by atoms with E-state index in [1.165, 1.54) is 64.0 Å². The summed E-state index contributed by atoms with van der Waals surface area (Å²) in [6.45, 7) is 10.9. The fraction of sp³-hybridized carbons (Fsp3) is 0.600. The molecule has 0 aliphatic carbocycles. The summed E-state index contributed by atoms with van der Waals surface area (Å²) in [5.41, 5.74) is 0.928. The van der Waals surface area contributed by atoms with Gasteiger partial charge in [-0.3, -0.25) is 0 Å². The van der Waals surface area contributed by atoms with Crippen LogP contribution in [0.2, 0.25) is 13.3 Å². The van der Waals surface area contributed by atoms with Crippen LogP contribution in [0, 0.1) is 5.82 Å². The minimum absolute atomic E-state index is 0.209. The summed E-state index contributed by atoms with van der Waals surface area (Å²) in [5, 5.41) is 0. The van der Waals surface area contributed by atoms with E-state index in [-0.39, 0.29) is 5.82 Å². The molecule has 0 aliphatic heterocycles. The molecule has 0 N–H and O–H groups in total. The Bertz CT molecular complexity index is 433. The van der Waals surface area contributed by atoms with Crippen molar-refractivity contribution in [3.05, 3.63) is 42.2 Å². The molecule has 3 heteroatoms. The Labute approximate surface area is 146 Å². The molecule has 0 atom stereocenters. The van der Waals surface area contributed by atoms with Gasteiger partial charge in [-0.25, -0.2) is 0 Å². The molecule has 0 unspecified atom stereocenters. The average Bonchev–Trinajstić information content (AvgIpc) is 2.56. The Morgan fingerprint density at radius 2 is 1.35 bits per heavy atom. The summed E-state index contributed by atoms with van der Waals surface area (Å²) in [4.78, 5) is 0. The normalized spacial score (nSPS) is 11.5. The first-order valence-electron chi connectivity index (χ1n) is 9.20. The van der Waals surface area contributed by atoms with E-state index in [4.69, 9.17) is 3.07 Å². The van der Waals surface area contributed by atoms with E-state index in [9.17, 15) is 4.39 Å². The van der Waals surface area contributed by atoms with Gasteiger partial charge in [0.1, 0.15) is 0 Å². The molecule has 0 bridgehead atoms. The molecule has 0 spiro atoms. The Kier molecular flexibility index (Phi) is 9.92. The molecule has 0 heterocycles. The molecule has 1 rings (SSSR count). The predicted molar refractivity (Wildman–Crippen MR) is 101 cm³/mol. The first-order chi connectivity index (χ1) is 11.1. The number of rotatable bonds is 12.